The molecule has 0 unspecified atom stereocenters. The minimum Gasteiger partial charge on any atom is -0.490 e. The molecule has 23 heavy (non-hydrogen) atoms. The SMILES string of the molecule is C=C(C)C(=O)OCCOc1ccc(C=Nc2ccccc2)cc1. The highest BCUT2D eigenvalue weighted by atomic mass is 16.6. The van der Waals surface area contributed by atoms with Gasteiger partial charge in [0.2, 0.25) is 0 Å². The average molecular weight is 309 g/mol. The highest BCUT2D eigenvalue weighted by Crippen LogP contribution is 2.13. The Morgan fingerprint density at radius 1 is 1.09 bits per heavy atom. The molecule has 0 N–H and O–H groups in total. The number of para-hydroxylation sites is 1. The molecule has 0 saturated carbocycles. The Bertz CT molecular complexity index is 676. The fourth-order valence-electron chi connectivity index (χ4n) is 1.73. The summed E-state index contributed by atoms with van der Waals surface area (Å²) in [5.74, 6) is 0.314. The minimum absolute atomic E-state index is 0.197. The highest BCUT2D eigenvalue weighted by Gasteiger charge is 2.02. The summed E-state index contributed by atoms with van der Waals surface area (Å²) in [6, 6.07) is 17.3. The van der Waals surface area contributed by atoms with Crippen LogP contribution in [0.4, 0.5) is 5.69 Å². The van der Waals surface area contributed by atoms with E-state index in [2.05, 4.69) is 11.6 Å². The number of carbonyl (C=O) groups excluding carboxylic acids is 1. The molecule has 2 rings (SSSR count). The van der Waals surface area contributed by atoms with Crippen LogP contribution < -0.4 is 4.74 Å². The summed E-state index contributed by atoms with van der Waals surface area (Å²) in [6.45, 7) is 5.62. The topological polar surface area (TPSA) is 47.9 Å². The third-order valence-corrected chi connectivity index (χ3v) is 2.93. The summed E-state index contributed by atoms with van der Waals surface area (Å²) in [4.78, 5) is 15.6. The first kappa shape index (κ1) is 16.5. The van der Waals surface area contributed by atoms with E-state index in [-0.39, 0.29) is 6.61 Å². The van der Waals surface area contributed by atoms with Gasteiger partial charge in [0.15, 0.2) is 0 Å². The molecule has 2 aromatic carbocycles. The third-order valence-electron chi connectivity index (χ3n) is 2.93. The molecule has 4 nitrogen and oxygen atoms in total. The van der Waals surface area contributed by atoms with Gasteiger partial charge in [0.1, 0.15) is 19.0 Å². The lowest BCUT2D eigenvalue weighted by Crippen LogP contribution is -2.12. The molecule has 0 spiro atoms. The number of benzene rings is 2. The van der Waals surface area contributed by atoms with Crippen LogP contribution in [0.25, 0.3) is 0 Å². The second-order valence-corrected chi connectivity index (χ2v) is 4.93. The molecular weight excluding hydrogens is 290 g/mol. The van der Waals surface area contributed by atoms with Gasteiger partial charge < -0.3 is 9.47 Å². The van der Waals surface area contributed by atoms with Crippen LogP contribution in [-0.2, 0) is 9.53 Å². The average Bonchev–Trinajstić information content (AvgIpc) is 2.58. The van der Waals surface area contributed by atoms with Crippen LogP contribution in [-0.4, -0.2) is 25.4 Å². The van der Waals surface area contributed by atoms with Crippen LogP contribution >= 0.6 is 0 Å². The highest BCUT2D eigenvalue weighted by molar-refractivity contribution is 5.86. The summed E-state index contributed by atoms with van der Waals surface area (Å²) >= 11 is 0. The Labute approximate surface area is 136 Å². The smallest absolute Gasteiger partial charge is 0.333 e. The Morgan fingerprint density at radius 2 is 1.78 bits per heavy atom. The first-order chi connectivity index (χ1) is 11.1. The lowest BCUT2D eigenvalue weighted by atomic mass is 10.2. The molecule has 0 atom stereocenters. The van der Waals surface area contributed by atoms with Crippen molar-refractivity contribution in [1.82, 2.24) is 0 Å². The van der Waals surface area contributed by atoms with Gasteiger partial charge in [0.25, 0.3) is 0 Å². The molecular formula is C19H19NO3. The number of carbonyl (C=O) groups is 1. The van der Waals surface area contributed by atoms with Crippen LogP contribution in [0.3, 0.4) is 0 Å². The number of esters is 1. The molecule has 0 aliphatic heterocycles. The molecule has 0 aromatic heterocycles. The van der Waals surface area contributed by atoms with E-state index in [1.807, 2.05) is 54.6 Å². The Morgan fingerprint density at radius 3 is 2.43 bits per heavy atom. The van der Waals surface area contributed by atoms with E-state index in [0.29, 0.717) is 17.9 Å². The summed E-state index contributed by atoms with van der Waals surface area (Å²) in [7, 11) is 0. The van der Waals surface area contributed by atoms with Crippen LogP contribution in [0.5, 0.6) is 5.75 Å². The standard InChI is InChI=1S/C19H19NO3/c1-15(2)19(21)23-13-12-22-18-10-8-16(9-11-18)14-20-17-6-4-3-5-7-17/h3-11,14H,1,12-13H2,2H3. The van der Waals surface area contributed by atoms with Crippen molar-refractivity contribution in [2.75, 3.05) is 13.2 Å². The fourth-order valence-corrected chi connectivity index (χ4v) is 1.73. The summed E-state index contributed by atoms with van der Waals surface area (Å²) in [6.07, 6.45) is 1.80. The Hall–Kier alpha value is -2.88. The predicted octanol–water partition coefficient (Wildman–Crippen LogP) is 3.94. The number of ether oxygens (including phenoxy) is 2. The number of hydrogen-bond acceptors (Lipinski definition) is 4. The van der Waals surface area contributed by atoms with Crippen LogP contribution in [0, 0.1) is 0 Å². The summed E-state index contributed by atoms with van der Waals surface area (Å²) in [5, 5.41) is 0. The van der Waals surface area contributed by atoms with E-state index < -0.39 is 5.97 Å². The predicted molar refractivity (Wildman–Crippen MR) is 91.4 cm³/mol. The largest absolute Gasteiger partial charge is 0.490 e. The molecule has 0 aliphatic rings. The van der Waals surface area contributed by atoms with Gasteiger partial charge in [-0.15, -0.1) is 0 Å². The Kier molecular flexibility index (Phi) is 6.12. The van der Waals surface area contributed by atoms with Crippen molar-refractivity contribution in [3.05, 3.63) is 72.3 Å². The quantitative estimate of drug-likeness (QED) is 0.337. The molecule has 0 saturated heterocycles. The number of aliphatic imine (C=N–C) groups is 1. The van der Waals surface area contributed by atoms with Crippen molar-refractivity contribution in [2.24, 2.45) is 4.99 Å². The maximum atomic E-state index is 11.2. The summed E-state index contributed by atoms with van der Waals surface area (Å²) in [5.41, 5.74) is 2.27. The molecule has 4 heteroatoms. The second kappa shape index (κ2) is 8.54. The maximum Gasteiger partial charge on any atom is 0.333 e. The van der Waals surface area contributed by atoms with Gasteiger partial charge in [0, 0.05) is 11.8 Å². The molecule has 0 bridgehead atoms. The monoisotopic (exact) mass is 309 g/mol. The van der Waals surface area contributed by atoms with E-state index in [1.165, 1.54) is 0 Å². The lowest BCUT2D eigenvalue weighted by Gasteiger charge is -2.07. The van der Waals surface area contributed by atoms with Gasteiger partial charge >= 0.3 is 5.97 Å². The number of nitrogens with zero attached hydrogens (tertiary/aromatic N) is 1. The number of hydrogen-bond donors (Lipinski definition) is 0. The third kappa shape index (κ3) is 5.79. The van der Waals surface area contributed by atoms with E-state index in [4.69, 9.17) is 9.47 Å². The van der Waals surface area contributed by atoms with Crippen molar-refractivity contribution >= 4 is 17.9 Å². The molecule has 0 amide bonds. The molecule has 0 heterocycles. The van der Waals surface area contributed by atoms with Crippen molar-refractivity contribution in [3.63, 3.8) is 0 Å². The number of rotatable bonds is 7. The van der Waals surface area contributed by atoms with Crippen LogP contribution in [0.1, 0.15) is 12.5 Å². The zero-order valence-corrected chi connectivity index (χ0v) is 13.1. The zero-order valence-electron chi connectivity index (χ0n) is 13.1. The molecule has 118 valence electrons. The van der Waals surface area contributed by atoms with Crippen LogP contribution in [0.15, 0.2) is 71.7 Å². The van der Waals surface area contributed by atoms with Gasteiger partial charge in [0.05, 0.1) is 5.69 Å². The van der Waals surface area contributed by atoms with Gasteiger partial charge in [-0.1, -0.05) is 24.8 Å². The van der Waals surface area contributed by atoms with Crippen molar-refractivity contribution in [1.29, 1.82) is 0 Å². The first-order valence-electron chi connectivity index (χ1n) is 7.30. The van der Waals surface area contributed by atoms with E-state index in [9.17, 15) is 4.79 Å². The molecule has 0 fully saturated rings. The zero-order chi connectivity index (χ0) is 16.5. The first-order valence-corrected chi connectivity index (χ1v) is 7.30. The van der Waals surface area contributed by atoms with E-state index in [1.54, 1.807) is 13.1 Å². The van der Waals surface area contributed by atoms with Crippen molar-refractivity contribution in [3.8, 4) is 5.75 Å². The fraction of sp³-hybridized carbons (Fsp3) is 0.158. The van der Waals surface area contributed by atoms with Crippen molar-refractivity contribution in [2.45, 2.75) is 6.92 Å². The van der Waals surface area contributed by atoms with E-state index >= 15 is 0 Å². The second-order valence-electron chi connectivity index (χ2n) is 4.93. The van der Waals surface area contributed by atoms with Gasteiger partial charge in [-0.2, -0.15) is 0 Å². The van der Waals surface area contributed by atoms with Gasteiger partial charge in [-0.05, 0) is 48.9 Å². The van der Waals surface area contributed by atoms with Gasteiger partial charge in [-0.3, -0.25) is 4.99 Å². The minimum atomic E-state index is -0.402. The molecule has 0 aliphatic carbocycles. The molecule has 0 radical (unpaired) electrons. The van der Waals surface area contributed by atoms with Crippen LogP contribution in [0.2, 0.25) is 0 Å². The Balaban J connectivity index is 1.79. The van der Waals surface area contributed by atoms with Crippen molar-refractivity contribution < 1.29 is 14.3 Å². The van der Waals surface area contributed by atoms with Gasteiger partial charge in [-0.25, -0.2) is 4.79 Å². The normalized spacial score (nSPS) is 10.5. The molecule has 2 aromatic rings. The maximum absolute atomic E-state index is 11.2. The lowest BCUT2D eigenvalue weighted by molar-refractivity contribution is -0.139. The van der Waals surface area contributed by atoms with E-state index in [0.717, 1.165) is 11.3 Å². The summed E-state index contributed by atoms with van der Waals surface area (Å²) < 4.78 is 10.5.